The highest BCUT2D eigenvalue weighted by atomic mass is 35.5. The molecule has 0 aliphatic carbocycles. The summed E-state index contributed by atoms with van der Waals surface area (Å²) in [7, 11) is 0. The van der Waals surface area contributed by atoms with Gasteiger partial charge in [0.05, 0.1) is 6.04 Å². The van der Waals surface area contributed by atoms with Gasteiger partial charge in [0.2, 0.25) is 5.91 Å². The van der Waals surface area contributed by atoms with E-state index in [0.29, 0.717) is 20.9 Å². The predicted molar refractivity (Wildman–Crippen MR) is 141 cm³/mol. The third-order valence-electron chi connectivity index (χ3n) is 6.47. The van der Waals surface area contributed by atoms with Gasteiger partial charge in [0.25, 0.3) is 0 Å². The number of ether oxygens (including phenoxy) is 1. The van der Waals surface area contributed by atoms with E-state index in [1.807, 2.05) is 68.1 Å². The zero-order chi connectivity index (χ0) is 24.2. The molecule has 3 aromatic carbocycles. The van der Waals surface area contributed by atoms with Gasteiger partial charge in [0.15, 0.2) is 10.8 Å². The quantitative estimate of drug-likeness (QED) is 0.398. The summed E-state index contributed by atoms with van der Waals surface area (Å²) in [6, 6.07) is 18.3. The number of hydrogen-bond donors (Lipinski definition) is 2. The average Bonchev–Trinajstić information content (AvgIpc) is 2.77. The number of fused-ring (bicyclic) bond motifs is 4. The molecule has 2 heterocycles. The summed E-state index contributed by atoms with van der Waals surface area (Å²) >= 11 is 18.2. The van der Waals surface area contributed by atoms with Gasteiger partial charge in [-0.2, -0.15) is 0 Å². The van der Waals surface area contributed by atoms with Gasteiger partial charge in [0.1, 0.15) is 11.7 Å². The van der Waals surface area contributed by atoms with Crippen LogP contribution in [0.5, 0.6) is 5.75 Å². The van der Waals surface area contributed by atoms with Gasteiger partial charge in [0, 0.05) is 27.0 Å². The maximum Gasteiger partial charge on any atom is 0.236 e. The monoisotopic (exact) mass is 511 g/mol. The molecule has 2 N–H and O–H groups in total. The van der Waals surface area contributed by atoms with Crippen LogP contribution in [-0.2, 0) is 4.79 Å². The Kier molecular flexibility index (Phi) is 5.71. The van der Waals surface area contributed by atoms with E-state index in [1.165, 1.54) is 0 Å². The van der Waals surface area contributed by atoms with E-state index in [1.54, 1.807) is 18.2 Å². The normalized spacial score (nSPS) is 23.0. The fraction of sp³-hybridized carbons (Fsp3) is 0.231. The van der Waals surface area contributed by atoms with Crippen LogP contribution in [0.25, 0.3) is 0 Å². The number of benzene rings is 3. The molecule has 3 atom stereocenters. The van der Waals surface area contributed by atoms with Gasteiger partial charge in [-0.15, -0.1) is 0 Å². The van der Waals surface area contributed by atoms with Crippen LogP contribution in [-0.4, -0.2) is 16.7 Å². The number of anilines is 2. The minimum Gasteiger partial charge on any atom is -0.467 e. The largest absolute Gasteiger partial charge is 0.467 e. The average molecular weight is 512 g/mol. The zero-order valence-corrected chi connectivity index (χ0v) is 21.2. The van der Waals surface area contributed by atoms with Crippen LogP contribution >= 0.6 is 35.4 Å². The Morgan fingerprint density at radius 3 is 2.47 bits per heavy atom. The number of carbonyl (C=O) groups excluding carboxylic acids is 1. The van der Waals surface area contributed by atoms with Crippen LogP contribution in [0.4, 0.5) is 11.4 Å². The van der Waals surface area contributed by atoms with Crippen LogP contribution < -0.4 is 20.3 Å². The molecule has 174 valence electrons. The van der Waals surface area contributed by atoms with Crippen LogP contribution in [0.15, 0.2) is 60.7 Å². The number of rotatable bonds is 3. The van der Waals surface area contributed by atoms with Gasteiger partial charge in [-0.25, -0.2) is 0 Å². The summed E-state index contributed by atoms with van der Waals surface area (Å²) in [4.78, 5) is 15.7. The Hall–Kier alpha value is -2.80. The molecule has 8 heteroatoms. The van der Waals surface area contributed by atoms with Crippen LogP contribution in [0, 0.1) is 19.8 Å². The zero-order valence-electron chi connectivity index (χ0n) is 18.9. The molecule has 1 amide bonds. The fourth-order valence-corrected chi connectivity index (χ4v) is 5.62. The SMILES string of the molecule is Cc1ccc(NC(=O)[C@H]2[C@@H]3NC(=S)N(c4ccc(Cl)cc4)[C@@]2(C)Oc2ccc(Cl)cc23)c(C)c1. The van der Waals surface area contributed by atoms with E-state index < -0.39 is 17.7 Å². The summed E-state index contributed by atoms with van der Waals surface area (Å²) in [5, 5.41) is 8.13. The number of aryl methyl sites for hydroxylation is 2. The van der Waals surface area contributed by atoms with Gasteiger partial charge in [-0.05, 0) is 87.1 Å². The van der Waals surface area contributed by atoms with E-state index in [0.717, 1.165) is 28.1 Å². The maximum atomic E-state index is 13.9. The standard InChI is InChI=1S/C26H23Cl2N3O2S/c1-14-4-10-20(15(2)12-14)29-24(32)22-23-19-13-17(28)7-11-21(19)33-26(22,3)31(25(34)30-23)18-8-5-16(27)6-9-18/h4-13,22-23H,1-3H3,(H,29,32)(H,30,34)/t22-,23-,26+/m1/s1. The first kappa shape index (κ1) is 23.0. The van der Waals surface area contributed by atoms with Crippen molar-refractivity contribution in [2.75, 3.05) is 10.2 Å². The fourth-order valence-electron chi connectivity index (χ4n) is 4.90. The lowest BCUT2D eigenvalue weighted by Gasteiger charge is -2.56. The van der Waals surface area contributed by atoms with Gasteiger partial charge < -0.3 is 15.4 Å². The summed E-state index contributed by atoms with van der Waals surface area (Å²) in [6.45, 7) is 5.89. The molecule has 0 saturated carbocycles. The molecular weight excluding hydrogens is 489 g/mol. The smallest absolute Gasteiger partial charge is 0.236 e. The van der Waals surface area contributed by atoms with Crippen molar-refractivity contribution >= 4 is 57.8 Å². The topological polar surface area (TPSA) is 53.6 Å². The van der Waals surface area contributed by atoms with Crippen molar-refractivity contribution in [3.8, 4) is 5.75 Å². The second kappa shape index (κ2) is 8.45. The Labute approximate surface area is 214 Å². The molecule has 2 aliphatic rings. The van der Waals surface area contributed by atoms with Gasteiger partial charge >= 0.3 is 0 Å². The molecule has 2 aliphatic heterocycles. The van der Waals surface area contributed by atoms with Crippen molar-refractivity contribution in [2.45, 2.75) is 32.5 Å². The second-order valence-corrected chi connectivity index (χ2v) is 10.1. The number of amides is 1. The van der Waals surface area contributed by atoms with E-state index >= 15 is 0 Å². The van der Waals surface area contributed by atoms with Crippen LogP contribution in [0.2, 0.25) is 10.0 Å². The van der Waals surface area contributed by atoms with Crippen molar-refractivity contribution < 1.29 is 9.53 Å². The molecule has 3 aromatic rings. The maximum absolute atomic E-state index is 13.9. The number of nitrogens with zero attached hydrogens (tertiary/aromatic N) is 1. The second-order valence-electron chi connectivity index (χ2n) is 8.86. The number of nitrogens with one attached hydrogen (secondary N) is 2. The van der Waals surface area contributed by atoms with Crippen molar-refractivity contribution in [3.05, 3.63) is 87.4 Å². The van der Waals surface area contributed by atoms with Crippen molar-refractivity contribution in [1.82, 2.24) is 5.32 Å². The highest BCUT2D eigenvalue weighted by Crippen LogP contribution is 2.50. The summed E-state index contributed by atoms with van der Waals surface area (Å²) in [5.74, 6) is -0.179. The van der Waals surface area contributed by atoms with E-state index in [-0.39, 0.29) is 5.91 Å². The van der Waals surface area contributed by atoms with Gasteiger partial charge in [-0.3, -0.25) is 9.69 Å². The number of halogens is 2. The first-order valence-corrected chi connectivity index (χ1v) is 12.1. The molecule has 34 heavy (non-hydrogen) atoms. The van der Waals surface area contributed by atoms with E-state index in [2.05, 4.69) is 10.6 Å². The minimum atomic E-state index is -1.11. The highest BCUT2D eigenvalue weighted by molar-refractivity contribution is 7.80. The van der Waals surface area contributed by atoms with E-state index in [4.69, 9.17) is 40.2 Å². The molecule has 0 radical (unpaired) electrons. The number of hydrogen-bond acceptors (Lipinski definition) is 3. The van der Waals surface area contributed by atoms with Crippen LogP contribution in [0.3, 0.4) is 0 Å². The molecule has 0 aromatic heterocycles. The van der Waals surface area contributed by atoms with Gasteiger partial charge in [-0.1, -0.05) is 40.9 Å². The molecular formula is C26H23Cl2N3O2S. The Morgan fingerprint density at radius 2 is 1.76 bits per heavy atom. The third kappa shape index (κ3) is 3.80. The Morgan fingerprint density at radius 1 is 1.06 bits per heavy atom. The van der Waals surface area contributed by atoms with Crippen molar-refractivity contribution in [2.24, 2.45) is 5.92 Å². The third-order valence-corrected chi connectivity index (χ3v) is 7.25. The van der Waals surface area contributed by atoms with Crippen LogP contribution in [0.1, 0.15) is 29.7 Å². The highest BCUT2D eigenvalue weighted by Gasteiger charge is 2.59. The summed E-state index contributed by atoms with van der Waals surface area (Å²) in [6.07, 6.45) is 0. The van der Waals surface area contributed by atoms with Crippen molar-refractivity contribution in [1.29, 1.82) is 0 Å². The predicted octanol–water partition coefficient (Wildman–Crippen LogP) is 6.41. The lowest BCUT2D eigenvalue weighted by atomic mass is 9.78. The molecule has 5 rings (SSSR count). The molecule has 1 saturated heterocycles. The minimum absolute atomic E-state index is 0.181. The lowest BCUT2D eigenvalue weighted by Crippen LogP contribution is -2.72. The molecule has 5 nitrogen and oxygen atoms in total. The summed E-state index contributed by atoms with van der Waals surface area (Å²) in [5.41, 5.74) is 3.33. The molecule has 2 bridgehead atoms. The molecule has 0 unspecified atom stereocenters. The molecule has 1 fully saturated rings. The number of thiocarbonyl (C=S) groups is 1. The number of carbonyl (C=O) groups is 1. The lowest BCUT2D eigenvalue weighted by molar-refractivity contribution is -0.130. The first-order chi connectivity index (χ1) is 16.2. The Bertz CT molecular complexity index is 1310. The Balaban J connectivity index is 1.63. The molecule has 0 spiro atoms. The summed E-state index contributed by atoms with van der Waals surface area (Å²) < 4.78 is 6.58. The van der Waals surface area contributed by atoms with Crippen molar-refractivity contribution in [3.63, 3.8) is 0 Å². The first-order valence-electron chi connectivity index (χ1n) is 10.9. The van der Waals surface area contributed by atoms with E-state index in [9.17, 15) is 4.79 Å².